The van der Waals surface area contributed by atoms with Crippen LogP contribution in [0.2, 0.25) is 0 Å². The van der Waals surface area contributed by atoms with Crippen molar-refractivity contribution in [2.24, 2.45) is 0 Å². The monoisotopic (exact) mass is 346 g/mol. The van der Waals surface area contributed by atoms with E-state index in [1.807, 2.05) is 17.3 Å². The fourth-order valence-electron chi connectivity index (χ4n) is 4.92. The van der Waals surface area contributed by atoms with Crippen LogP contribution in [0.5, 0.6) is 0 Å². The van der Waals surface area contributed by atoms with Crippen LogP contribution in [0.15, 0.2) is 12.4 Å². The Bertz CT molecular complexity index is 562. The average molecular weight is 346 g/mol. The van der Waals surface area contributed by atoms with Crippen LogP contribution in [-0.4, -0.2) is 45.9 Å². The lowest BCUT2D eigenvalue weighted by molar-refractivity contribution is -0.108. The number of H-pyrrole nitrogens is 1. The Morgan fingerprint density at radius 2 is 2.12 bits per heavy atom. The summed E-state index contributed by atoms with van der Waals surface area (Å²) < 4.78 is 6.17. The molecule has 4 rings (SSSR count). The first-order valence-corrected chi connectivity index (χ1v) is 9.96. The minimum absolute atomic E-state index is 0.0281. The molecule has 1 aromatic heterocycles. The van der Waals surface area contributed by atoms with E-state index in [0.29, 0.717) is 0 Å². The van der Waals surface area contributed by atoms with E-state index in [9.17, 15) is 4.79 Å². The van der Waals surface area contributed by atoms with Gasteiger partial charge in [-0.3, -0.25) is 5.10 Å². The number of hydrogen-bond acceptors (Lipinski definition) is 3. The van der Waals surface area contributed by atoms with Crippen molar-refractivity contribution in [1.29, 1.82) is 0 Å². The van der Waals surface area contributed by atoms with E-state index in [4.69, 9.17) is 4.74 Å². The molecule has 0 radical (unpaired) electrons. The molecule has 6 nitrogen and oxygen atoms in total. The highest BCUT2D eigenvalue weighted by atomic mass is 16.5. The number of carbonyl (C=O) groups is 1. The molecule has 138 valence electrons. The molecule has 2 amide bonds. The van der Waals surface area contributed by atoms with E-state index in [0.717, 1.165) is 57.2 Å². The van der Waals surface area contributed by atoms with Crippen molar-refractivity contribution >= 4 is 6.03 Å². The van der Waals surface area contributed by atoms with E-state index < -0.39 is 0 Å². The number of piperidine rings is 1. The van der Waals surface area contributed by atoms with Gasteiger partial charge in [0.05, 0.1) is 17.8 Å². The molecule has 2 atom stereocenters. The van der Waals surface area contributed by atoms with Gasteiger partial charge in [0.25, 0.3) is 0 Å². The smallest absolute Gasteiger partial charge is 0.318 e. The number of aromatic nitrogens is 2. The highest BCUT2D eigenvalue weighted by molar-refractivity contribution is 5.75. The number of carbonyl (C=O) groups excluding carboxylic acids is 1. The van der Waals surface area contributed by atoms with Gasteiger partial charge in [-0.15, -0.1) is 0 Å². The summed E-state index contributed by atoms with van der Waals surface area (Å²) in [4.78, 5) is 15.0. The van der Waals surface area contributed by atoms with Crippen molar-refractivity contribution in [2.75, 3.05) is 13.2 Å². The Hall–Kier alpha value is -1.56. The second kappa shape index (κ2) is 7.36. The van der Waals surface area contributed by atoms with E-state index in [1.165, 1.54) is 25.7 Å². The van der Waals surface area contributed by atoms with Crippen LogP contribution in [0, 0.1) is 0 Å². The Balaban J connectivity index is 1.40. The molecule has 0 bridgehead atoms. The third-order valence-corrected chi connectivity index (χ3v) is 6.25. The van der Waals surface area contributed by atoms with E-state index in [-0.39, 0.29) is 23.7 Å². The van der Waals surface area contributed by atoms with Crippen LogP contribution in [0.4, 0.5) is 4.79 Å². The van der Waals surface area contributed by atoms with E-state index >= 15 is 0 Å². The molecular weight excluding hydrogens is 316 g/mol. The van der Waals surface area contributed by atoms with Gasteiger partial charge in [-0.1, -0.05) is 19.3 Å². The van der Waals surface area contributed by atoms with Crippen molar-refractivity contribution in [2.45, 2.75) is 81.9 Å². The topological polar surface area (TPSA) is 70.2 Å². The average Bonchev–Trinajstić information content (AvgIpc) is 3.17. The molecule has 1 saturated carbocycles. The molecule has 2 aliphatic heterocycles. The first-order valence-electron chi connectivity index (χ1n) is 9.96. The number of rotatable bonds is 2. The molecule has 0 aromatic carbocycles. The van der Waals surface area contributed by atoms with Crippen LogP contribution in [0.1, 0.15) is 75.8 Å². The van der Waals surface area contributed by atoms with Crippen molar-refractivity contribution in [3.63, 3.8) is 0 Å². The highest BCUT2D eigenvalue weighted by Gasteiger charge is 2.39. The summed E-state index contributed by atoms with van der Waals surface area (Å²) in [7, 11) is 0. The second-order valence-electron chi connectivity index (χ2n) is 7.97. The normalized spacial score (nSPS) is 29.5. The number of aromatic amines is 1. The number of ether oxygens (including phenoxy) is 1. The molecule has 2 N–H and O–H groups in total. The zero-order valence-corrected chi connectivity index (χ0v) is 15.0. The summed E-state index contributed by atoms with van der Waals surface area (Å²) in [5.41, 5.74) is 1.14. The summed E-state index contributed by atoms with van der Waals surface area (Å²) in [5, 5.41) is 10.3. The first kappa shape index (κ1) is 16.9. The summed E-state index contributed by atoms with van der Waals surface area (Å²) in [6.07, 6.45) is 15.1. The molecule has 3 fully saturated rings. The Kier molecular flexibility index (Phi) is 4.97. The maximum absolute atomic E-state index is 13.0. The molecule has 1 aliphatic carbocycles. The fourth-order valence-corrected chi connectivity index (χ4v) is 4.92. The zero-order chi connectivity index (χ0) is 17.1. The molecule has 6 heteroatoms. The number of likely N-dealkylation sites (tertiary alicyclic amines) is 1. The SMILES string of the molecule is O=C(NC1CCOC2(CCCCC2)C1)N1CCCCC1c1cn[nH]c1. The zero-order valence-electron chi connectivity index (χ0n) is 15.0. The summed E-state index contributed by atoms with van der Waals surface area (Å²) in [6, 6.07) is 0.478. The van der Waals surface area contributed by atoms with Gasteiger partial charge < -0.3 is 15.0 Å². The highest BCUT2D eigenvalue weighted by Crippen LogP contribution is 2.39. The van der Waals surface area contributed by atoms with Crippen molar-refractivity contribution in [1.82, 2.24) is 20.4 Å². The number of hydrogen-bond donors (Lipinski definition) is 2. The number of amides is 2. The maximum atomic E-state index is 13.0. The second-order valence-corrected chi connectivity index (χ2v) is 7.97. The van der Waals surface area contributed by atoms with Crippen LogP contribution in [0.3, 0.4) is 0 Å². The third kappa shape index (κ3) is 3.68. The lowest BCUT2D eigenvalue weighted by Gasteiger charge is -2.44. The van der Waals surface area contributed by atoms with E-state index in [1.54, 1.807) is 0 Å². The van der Waals surface area contributed by atoms with E-state index in [2.05, 4.69) is 15.5 Å². The fraction of sp³-hybridized carbons (Fsp3) is 0.789. The standard InChI is InChI=1S/C19H30N4O2/c24-18(23-10-5-2-6-17(23)15-13-20-21-14-15)22-16-7-11-25-19(12-16)8-3-1-4-9-19/h13-14,16-17H,1-12H2,(H,20,21)(H,22,24). The predicted molar refractivity (Wildman–Crippen MR) is 95.2 cm³/mol. The largest absolute Gasteiger partial charge is 0.375 e. The van der Waals surface area contributed by atoms with Gasteiger partial charge in [0.15, 0.2) is 0 Å². The van der Waals surface area contributed by atoms with Crippen LogP contribution in [0.25, 0.3) is 0 Å². The van der Waals surface area contributed by atoms with Gasteiger partial charge in [0, 0.05) is 31.0 Å². The minimum Gasteiger partial charge on any atom is -0.375 e. The predicted octanol–water partition coefficient (Wildman–Crippen LogP) is 3.53. The lowest BCUT2D eigenvalue weighted by Crippen LogP contribution is -2.53. The Morgan fingerprint density at radius 3 is 2.92 bits per heavy atom. The molecule has 3 heterocycles. The molecule has 2 unspecified atom stereocenters. The van der Waals surface area contributed by atoms with Gasteiger partial charge in [-0.05, 0) is 44.9 Å². The van der Waals surface area contributed by atoms with Gasteiger partial charge >= 0.3 is 6.03 Å². The van der Waals surface area contributed by atoms with Crippen molar-refractivity contribution < 1.29 is 9.53 Å². The van der Waals surface area contributed by atoms with Gasteiger partial charge in [0.2, 0.25) is 0 Å². The maximum Gasteiger partial charge on any atom is 0.318 e. The summed E-state index contributed by atoms with van der Waals surface area (Å²) in [5.74, 6) is 0. The number of nitrogens with one attached hydrogen (secondary N) is 2. The first-order chi connectivity index (χ1) is 12.3. The van der Waals surface area contributed by atoms with Gasteiger partial charge in [-0.25, -0.2) is 4.79 Å². The van der Waals surface area contributed by atoms with Gasteiger partial charge in [-0.2, -0.15) is 5.10 Å². The van der Waals surface area contributed by atoms with Crippen LogP contribution < -0.4 is 5.32 Å². The van der Waals surface area contributed by atoms with Crippen molar-refractivity contribution in [3.05, 3.63) is 18.0 Å². The molecule has 1 spiro atoms. The summed E-state index contributed by atoms with van der Waals surface area (Å²) in [6.45, 7) is 1.60. The number of nitrogens with zero attached hydrogens (tertiary/aromatic N) is 2. The Morgan fingerprint density at radius 1 is 1.24 bits per heavy atom. The Labute approximate surface area is 149 Å². The van der Waals surface area contributed by atoms with Gasteiger partial charge in [0.1, 0.15) is 0 Å². The summed E-state index contributed by atoms with van der Waals surface area (Å²) >= 11 is 0. The van der Waals surface area contributed by atoms with Crippen LogP contribution >= 0.6 is 0 Å². The van der Waals surface area contributed by atoms with Crippen LogP contribution in [-0.2, 0) is 4.74 Å². The van der Waals surface area contributed by atoms with Crippen molar-refractivity contribution in [3.8, 4) is 0 Å². The molecular formula is C19H30N4O2. The third-order valence-electron chi connectivity index (χ3n) is 6.25. The molecule has 2 saturated heterocycles. The lowest BCUT2D eigenvalue weighted by atomic mass is 9.78. The quantitative estimate of drug-likeness (QED) is 0.860. The minimum atomic E-state index is 0.0281. The molecule has 25 heavy (non-hydrogen) atoms. The molecule has 3 aliphatic rings. The number of urea groups is 1. The molecule has 1 aromatic rings.